The molecule has 0 bridgehead atoms. The van der Waals surface area contributed by atoms with Gasteiger partial charge in [-0.15, -0.1) is 0 Å². The van der Waals surface area contributed by atoms with Crippen molar-refractivity contribution in [3.05, 3.63) is 53.9 Å². The molecule has 1 N–H and O–H groups in total. The first kappa shape index (κ1) is 15.7. The second kappa shape index (κ2) is 6.57. The van der Waals surface area contributed by atoms with Gasteiger partial charge in [0.25, 0.3) is 5.91 Å². The van der Waals surface area contributed by atoms with Gasteiger partial charge in [0.15, 0.2) is 11.5 Å². The lowest BCUT2D eigenvalue weighted by Crippen LogP contribution is -2.36. The van der Waals surface area contributed by atoms with Crippen molar-refractivity contribution in [1.29, 1.82) is 0 Å². The molecule has 6 nitrogen and oxygen atoms in total. The lowest BCUT2D eigenvalue weighted by atomic mass is 10.1. The average Bonchev–Trinajstić information content (AvgIpc) is 3.02. The molecule has 128 valence electrons. The van der Waals surface area contributed by atoms with Crippen LogP contribution in [0, 0.1) is 6.92 Å². The Morgan fingerprint density at radius 1 is 1.16 bits per heavy atom. The predicted molar refractivity (Wildman–Crippen MR) is 96.2 cm³/mol. The van der Waals surface area contributed by atoms with Crippen LogP contribution in [0.1, 0.15) is 16.2 Å². The summed E-state index contributed by atoms with van der Waals surface area (Å²) in [5.41, 5.74) is 3.73. The van der Waals surface area contributed by atoms with E-state index in [-0.39, 0.29) is 5.91 Å². The van der Waals surface area contributed by atoms with E-state index in [0.717, 1.165) is 24.5 Å². The van der Waals surface area contributed by atoms with E-state index in [4.69, 9.17) is 9.15 Å². The highest BCUT2D eigenvalue weighted by Gasteiger charge is 2.16. The molecule has 3 aromatic rings. The lowest BCUT2D eigenvalue weighted by molar-refractivity contribution is 0.102. The number of fused-ring (bicyclic) bond motifs is 1. The SMILES string of the molecule is Cc1nc2cc(C(=O)Nc3ccccc3N3CCOCC3)ccc2o1. The quantitative estimate of drug-likeness (QED) is 0.795. The van der Waals surface area contributed by atoms with Gasteiger partial charge in [-0.3, -0.25) is 4.79 Å². The highest BCUT2D eigenvalue weighted by atomic mass is 16.5. The standard InChI is InChI=1S/C19H19N3O3/c1-13-20-16-12-14(6-7-18(16)25-13)19(23)21-15-4-2-3-5-17(15)22-8-10-24-11-9-22/h2-7,12H,8-11H2,1H3,(H,21,23). The van der Waals surface area contributed by atoms with E-state index in [0.29, 0.717) is 35.8 Å². The smallest absolute Gasteiger partial charge is 0.255 e. The molecule has 1 saturated heterocycles. The molecule has 0 unspecified atom stereocenters. The van der Waals surface area contributed by atoms with Gasteiger partial charge in [0, 0.05) is 25.6 Å². The number of morpholine rings is 1. The number of oxazole rings is 1. The number of amides is 1. The molecule has 0 saturated carbocycles. The fraction of sp³-hybridized carbons (Fsp3) is 0.263. The molecular weight excluding hydrogens is 318 g/mol. The van der Waals surface area contributed by atoms with Crippen LogP contribution in [-0.2, 0) is 4.74 Å². The third kappa shape index (κ3) is 3.21. The molecule has 1 aromatic heterocycles. The summed E-state index contributed by atoms with van der Waals surface area (Å²) in [6.07, 6.45) is 0. The minimum absolute atomic E-state index is 0.164. The Morgan fingerprint density at radius 3 is 2.80 bits per heavy atom. The van der Waals surface area contributed by atoms with Crippen LogP contribution >= 0.6 is 0 Å². The maximum absolute atomic E-state index is 12.7. The van der Waals surface area contributed by atoms with Crippen molar-refractivity contribution in [3.8, 4) is 0 Å². The van der Waals surface area contributed by atoms with Gasteiger partial charge in [0.05, 0.1) is 24.6 Å². The molecule has 2 aromatic carbocycles. The molecule has 2 heterocycles. The number of carbonyl (C=O) groups is 1. The summed E-state index contributed by atoms with van der Waals surface area (Å²) in [5.74, 6) is 0.425. The highest BCUT2D eigenvalue weighted by molar-refractivity contribution is 6.07. The van der Waals surface area contributed by atoms with Crippen molar-refractivity contribution in [2.75, 3.05) is 36.5 Å². The van der Waals surface area contributed by atoms with Crippen molar-refractivity contribution >= 4 is 28.4 Å². The second-order valence-electron chi connectivity index (χ2n) is 5.99. The van der Waals surface area contributed by atoms with Gasteiger partial charge < -0.3 is 19.4 Å². The number of nitrogens with one attached hydrogen (secondary N) is 1. The van der Waals surface area contributed by atoms with Crippen LogP contribution in [0.3, 0.4) is 0 Å². The second-order valence-corrected chi connectivity index (χ2v) is 5.99. The minimum Gasteiger partial charge on any atom is -0.441 e. The van der Waals surface area contributed by atoms with E-state index in [9.17, 15) is 4.79 Å². The number of carbonyl (C=O) groups excluding carboxylic acids is 1. The van der Waals surface area contributed by atoms with Crippen molar-refractivity contribution in [2.24, 2.45) is 0 Å². The molecule has 0 aliphatic carbocycles. The Balaban J connectivity index is 1.59. The van der Waals surface area contributed by atoms with E-state index in [2.05, 4.69) is 15.2 Å². The van der Waals surface area contributed by atoms with Gasteiger partial charge in [-0.2, -0.15) is 0 Å². The molecule has 4 rings (SSSR count). The first-order valence-corrected chi connectivity index (χ1v) is 8.31. The van der Waals surface area contributed by atoms with Crippen LogP contribution in [0.25, 0.3) is 11.1 Å². The number of rotatable bonds is 3. The molecule has 0 radical (unpaired) electrons. The van der Waals surface area contributed by atoms with E-state index in [1.165, 1.54) is 0 Å². The molecule has 1 aliphatic heterocycles. The van der Waals surface area contributed by atoms with Gasteiger partial charge in [-0.1, -0.05) is 12.1 Å². The maximum atomic E-state index is 12.7. The Bertz CT molecular complexity index is 913. The fourth-order valence-corrected chi connectivity index (χ4v) is 3.04. The fourth-order valence-electron chi connectivity index (χ4n) is 3.04. The van der Waals surface area contributed by atoms with Crippen molar-refractivity contribution in [2.45, 2.75) is 6.92 Å². The number of benzene rings is 2. The van der Waals surface area contributed by atoms with Gasteiger partial charge >= 0.3 is 0 Å². The summed E-state index contributed by atoms with van der Waals surface area (Å²) >= 11 is 0. The molecule has 0 atom stereocenters. The summed E-state index contributed by atoms with van der Waals surface area (Å²) in [7, 11) is 0. The predicted octanol–water partition coefficient (Wildman–Crippen LogP) is 3.23. The van der Waals surface area contributed by atoms with Crippen LogP contribution in [0.5, 0.6) is 0 Å². The zero-order chi connectivity index (χ0) is 17.2. The Hall–Kier alpha value is -2.86. The van der Waals surface area contributed by atoms with Gasteiger partial charge in [0.1, 0.15) is 5.52 Å². The van der Waals surface area contributed by atoms with E-state index in [1.54, 1.807) is 25.1 Å². The lowest BCUT2D eigenvalue weighted by Gasteiger charge is -2.30. The largest absolute Gasteiger partial charge is 0.441 e. The number of para-hydroxylation sites is 2. The van der Waals surface area contributed by atoms with Crippen molar-refractivity contribution in [3.63, 3.8) is 0 Å². The minimum atomic E-state index is -0.164. The van der Waals surface area contributed by atoms with E-state index < -0.39 is 0 Å². The first-order chi connectivity index (χ1) is 12.2. The molecule has 0 spiro atoms. The molecule has 1 fully saturated rings. The van der Waals surface area contributed by atoms with E-state index in [1.807, 2.05) is 24.3 Å². The van der Waals surface area contributed by atoms with Crippen LogP contribution in [0.2, 0.25) is 0 Å². The summed E-state index contributed by atoms with van der Waals surface area (Å²) in [6, 6.07) is 13.1. The van der Waals surface area contributed by atoms with Gasteiger partial charge in [-0.05, 0) is 30.3 Å². The maximum Gasteiger partial charge on any atom is 0.255 e. The monoisotopic (exact) mass is 337 g/mol. The highest BCUT2D eigenvalue weighted by Crippen LogP contribution is 2.27. The summed E-state index contributed by atoms with van der Waals surface area (Å²) in [6.45, 7) is 4.82. The van der Waals surface area contributed by atoms with Crippen LogP contribution < -0.4 is 10.2 Å². The summed E-state index contributed by atoms with van der Waals surface area (Å²) < 4.78 is 10.9. The number of hydrogen-bond acceptors (Lipinski definition) is 5. The van der Waals surface area contributed by atoms with Crippen molar-refractivity contribution in [1.82, 2.24) is 4.98 Å². The van der Waals surface area contributed by atoms with Crippen molar-refractivity contribution < 1.29 is 13.9 Å². The Morgan fingerprint density at radius 2 is 1.96 bits per heavy atom. The number of ether oxygens (including phenoxy) is 1. The number of nitrogens with zero attached hydrogens (tertiary/aromatic N) is 2. The molecule has 25 heavy (non-hydrogen) atoms. The molecule has 1 aliphatic rings. The van der Waals surface area contributed by atoms with Crippen LogP contribution in [0.4, 0.5) is 11.4 Å². The molecule has 6 heteroatoms. The average molecular weight is 337 g/mol. The van der Waals surface area contributed by atoms with Gasteiger partial charge in [-0.25, -0.2) is 4.98 Å². The number of aromatic nitrogens is 1. The van der Waals surface area contributed by atoms with Crippen LogP contribution in [-0.4, -0.2) is 37.2 Å². The molecule has 1 amide bonds. The first-order valence-electron chi connectivity index (χ1n) is 8.31. The third-order valence-electron chi connectivity index (χ3n) is 4.26. The third-order valence-corrected chi connectivity index (χ3v) is 4.26. The zero-order valence-corrected chi connectivity index (χ0v) is 14.0. The van der Waals surface area contributed by atoms with Gasteiger partial charge in [0.2, 0.25) is 0 Å². The normalized spacial score (nSPS) is 14.7. The molecular formula is C19H19N3O3. The van der Waals surface area contributed by atoms with Crippen LogP contribution in [0.15, 0.2) is 46.9 Å². The Labute approximate surface area is 145 Å². The van der Waals surface area contributed by atoms with E-state index >= 15 is 0 Å². The zero-order valence-electron chi connectivity index (χ0n) is 14.0. The number of anilines is 2. The summed E-state index contributed by atoms with van der Waals surface area (Å²) in [5, 5.41) is 3.02. The number of hydrogen-bond donors (Lipinski definition) is 1. The number of aryl methyl sites for hydroxylation is 1. The summed E-state index contributed by atoms with van der Waals surface area (Å²) in [4.78, 5) is 19.2. The Kier molecular flexibility index (Phi) is 4.11. The topological polar surface area (TPSA) is 67.6 Å².